The number of halogens is 2. The predicted molar refractivity (Wildman–Crippen MR) is 127 cm³/mol. The first-order valence-electron chi connectivity index (χ1n) is 11.3. The van der Waals surface area contributed by atoms with Gasteiger partial charge in [0, 0.05) is 17.0 Å². The zero-order valence-electron chi connectivity index (χ0n) is 18.8. The second-order valence-electron chi connectivity index (χ2n) is 8.88. The van der Waals surface area contributed by atoms with Crippen LogP contribution in [0, 0.1) is 12.8 Å². The fourth-order valence-corrected chi connectivity index (χ4v) is 5.02. The van der Waals surface area contributed by atoms with Crippen LogP contribution in [0.3, 0.4) is 0 Å². The summed E-state index contributed by atoms with van der Waals surface area (Å²) < 4.78 is 12.1. The third kappa shape index (κ3) is 4.91. The van der Waals surface area contributed by atoms with Crippen molar-refractivity contribution in [1.29, 1.82) is 0 Å². The van der Waals surface area contributed by atoms with Gasteiger partial charge in [-0.05, 0) is 54.2 Å². The van der Waals surface area contributed by atoms with E-state index in [4.69, 9.17) is 32.4 Å². The summed E-state index contributed by atoms with van der Waals surface area (Å²) in [5, 5.41) is 18.8. The summed E-state index contributed by atoms with van der Waals surface area (Å²) in [6.07, 6.45) is -0.585. The number of carboxylic acid groups (broad SMARTS) is 1. The standard InChI is InChI=1S/C25H23Cl2N3O5/c1-13-28-29-24(34-13)22(15-5-6-15)30-21(14-7-9-17(26)10-8-14)23(16-3-2-4-18(27)11-16)35-19(25(30)33)12-20(31)32/h2-4,7-11,15,19,21-23H,5-6,12H2,1H3,(H,31,32)/t19-,21+,22+,23-/m1/s1. The van der Waals surface area contributed by atoms with E-state index in [1.165, 1.54) is 0 Å². The quantitative estimate of drug-likeness (QED) is 0.453. The second-order valence-corrected chi connectivity index (χ2v) is 9.75. The van der Waals surface area contributed by atoms with Crippen molar-refractivity contribution in [3.63, 3.8) is 0 Å². The molecule has 3 aromatic rings. The fraction of sp³-hybridized carbons (Fsp3) is 0.360. The monoisotopic (exact) mass is 515 g/mol. The van der Waals surface area contributed by atoms with E-state index in [1.54, 1.807) is 42.2 Å². The Morgan fingerprint density at radius 1 is 1.11 bits per heavy atom. The molecule has 0 unspecified atom stereocenters. The van der Waals surface area contributed by atoms with Gasteiger partial charge < -0.3 is 19.2 Å². The summed E-state index contributed by atoms with van der Waals surface area (Å²) in [5.74, 6) is -0.730. The van der Waals surface area contributed by atoms with Crippen molar-refractivity contribution in [2.45, 2.75) is 50.5 Å². The van der Waals surface area contributed by atoms with Crippen molar-refractivity contribution >= 4 is 35.1 Å². The minimum atomic E-state index is -1.19. The summed E-state index contributed by atoms with van der Waals surface area (Å²) in [6.45, 7) is 1.69. The van der Waals surface area contributed by atoms with Crippen molar-refractivity contribution < 1.29 is 23.8 Å². The number of rotatable bonds is 7. The van der Waals surface area contributed by atoms with Crippen LogP contribution < -0.4 is 0 Å². The average Bonchev–Trinajstić information content (AvgIpc) is 3.56. The Kier molecular flexibility index (Phi) is 6.53. The molecule has 2 aromatic carbocycles. The van der Waals surface area contributed by atoms with Crippen molar-refractivity contribution in [3.05, 3.63) is 81.5 Å². The molecule has 1 saturated heterocycles. The third-order valence-corrected chi connectivity index (χ3v) is 6.83. The summed E-state index contributed by atoms with van der Waals surface area (Å²) in [6, 6.07) is 13.2. The second kappa shape index (κ2) is 9.60. The molecule has 2 heterocycles. The molecule has 1 saturated carbocycles. The van der Waals surface area contributed by atoms with Crippen molar-refractivity contribution in [3.8, 4) is 0 Å². The molecule has 4 atom stereocenters. The SMILES string of the molecule is Cc1nnc([C@H](C2CC2)N2C(=O)[C@@H](CC(=O)O)O[C@H](c3cccc(Cl)c3)[C@@H]2c2ccc(Cl)cc2)o1. The Labute approximate surface area is 211 Å². The minimum Gasteiger partial charge on any atom is -0.481 e. The van der Waals surface area contributed by atoms with Gasteiger partial charge in [-0.3, -0.25) is 9.59 Å². The van der Waals surface area contributed by atoms with Crippen molar-refractivity contribution in [2.75, 3.05) is 0 Å². The maximum absolute atomic E-state index is 13.9. The Morgan fingerprint density at radius 2 is 1.86 bits per heavy atom. The fourth-order valence-electron chi connectivity index (χ4n) is 4.69. The molecular weight excluding hydrogens is 493 g/mol. The lowest BCUT2D eigenvalue weighted by atomic mass is 9.89. The van der Waals surface area contributed by atoms with Gasteiger partial charge in [0.15, 0.2) is 0 Å². The van der Waals surface area contributed by atoms with E-state index in [2.05, 4.69) is 10.2 Å². The molecule has 1 amide bonds. The first kappa shape index (κ1) is 23.8. The van der Waals surface area contributed by atoms with E-state index < -0.39 is 42.6 Å². The number of hydrogen-bond acceptors (Lipinski definition) is 6. The average molecular weight is 516 g/mol. The minimum absolute atomic E-state index is 0.109. The van der Waals surface area contributed by atoms with Crippen LogP contribution >= 0.6 is 23.2 Å². The van der Waals surface area contributed by atoms with Gasteiger partial charge >= 0.3 is 5.97 Å². The van der Waals surface area contributed by atoms with Crippen LogP contribution in [0.25, 0.3) is 0 Å². The van der Waals surface area contributed by atoms with Crippen LogP contribution in [0.4, 0.5) is 0 Å². The third-order valence-electron chi connectivity index (χ3n) is 6.34. The molecule has 0 radical (unpaired) electrons. The van der Waals surface area contributed by atoms with Gasteiger partial charge in [-0.2, -0.15) is 0 Å². The smallest absolute Gasteiger partial charge is 0.306 e. The summed E-state index contributed by atoms with van der Waals surface area (Å²) >= 11 is 12.5. The van der Waals surface area contributed by atoms with Crippen molar-refractivity contribution in [2.24, 2.45) is 5.92 Å². The molecule has 2 aliphatic rings. The van der Waals surface area contributed by atoms with Crippen LogP contribution in [0.5, 0.6) is 0 Å². The van der Waals surface area contributed by atoms with E-state index in [-0.39, 0.29) is 5.92 Å². The van der Waals surface area contributed by atoms with Crippen LogP contribution in [-0.4, -0.2) is 38.2 Å². The summed E-state index contributed by atoms with van der Waals surface area (Å²) in [7, 11) is 0. The first-order valence-corrected chi connectivity index (χ1v) is 12.1. The summed E-state index contributed by atoms with van der Waals surface area (Å²) in [5.41, 5.74) is 1.50. The van der Waals surface area contributed by atoms with Gasteiger partial charge in [-0.25, -0.2) is 0 Å². The number of carbonyl (C=O) groups is 2. The molecule has 182 valence electrons. The number of carboxylic acids is 1. The number of nitrogens with zero attached hydrogens (tertiary/aromatic N) is 3. The Bertz CT molecular complexity index is 1240. The number of aromatic nitrogens is 2. The molecule has 35 heavy (non-hydrogen) atoms. The molecule has 1 N–H and O–H groups in total. The molecule has 8 nitrogen and oxygen atoms in total. The van der Waals surface area contributed by atoms with Crippen LogP contribution in [0.1, 0.15) is 60.4 Å². The number of amides is 1. The van der Waals surface area contributed by atoms with Crippen molar-refractivity contribution in [1.82, 2.24) is 15.1 Å². The molecule has 2 fully saturated rings. The Hall–Kier alpha value is -2.94. The number of aliphatic carboxylic acids is 1. The number of ether oxygens (including phenoxy) is 1. The lowest BCUT2D eigenvalue weighted by Gasteiger charge is -2.47. The highest BCUT2D eigenvalue weighted by molar-refractivity contribution is 6.30. The number of carbonyl (C=O) groups excluding carboxylic acids is 1. The lowest BCUT2D eigenvalue weighted by Crippen LogP contribution is -2.53. The number of benzene rings is 2. The van der Waals surface area contributed by atoms with E-state index >= 15 is 0 Å². The highest BCUT2D eigenvalue weighted by atomic mass is 35.5. The van der Waals surface area contributed by atoms with Gasteiger partial charge in [-0.1, -0.05) is 47.5 Å². The van der Waals surface area contributed by atoms with E-state index in [1.807, 2.05) is 18.2 Å². The number of hydrogen-bond donors (Lipinski definition) is 1. The van der Waals surface area contributed by atoms with Gasteiger partial charge in [0.1, 0.15) is 18.2 Å². The van der Waals surface area contributed by atoms with Crippen LogP contribution in [0.2, 0.25) is 10.0 Å². The molecule has 1 aliphatic carbocycles. The van der Waals surface area contributed by atoms with E-state index in [0.29, 0.717) is 21.8 Å². The molecule has 5 rings (SSSR count). The summed E-state index contributed by atoms with van der Waals surface area (Å²) in [4.78, 5) is 27.3. The molecular formula is C25H23Cl2N3O5. The Morgan fingerprint density at radius 3 is 2.46 bits per heavy atom. The van der Waals surface area contributed by atoms with Gasteiger partial charge in [0.25, 0.3) is 5.91 Å². The zero-order valence-corrected chi connectivity index (χ0v) is 20.3. The van der Waals surface area contributed by atoms with Gasteiger partial charge in [0.2, 0.25) is 11.8 Å². The maximum Gasteiger partial charge on any atom is 0.306 e. The van der Waals surface area contributed by atoms with Crippen LogP contribution in [0.15, 0.2) is 52.9 Å². The largest absolute Gasteiger partial charge is 0.481 e. The lowest BCUT2D eigenvalue weighted by molar-refractivity contribution is -0.185. The number of aryl methyl sites for hydroxylation is 1. The van der Waals surface area contributed by atoms with Gasteiger partial charge in [0.05, 0.1) is 12.5 Å². The van der Waals surface area contributed by atoms with Gasteiger partial charge in [-0.15, -0.1) is 10.2 Å². The predicted octanol–water partition coefficient (Wildman–Crippen LogP) is 5.32. The molecule has 0 spiro atoms. The first-order chi connectivity index (χ1) is 16.8. The molecule has 1 aromatic heterocycles. The van der Waals surface area contributed by atoms with E-state index in [9.17, 15) is 14.7 Å². The molecule has 10 heteroatoms. The topological polar surface area (TPSA) is 106 Å². The highest BCUT2D eigenvalue weighted by Gasteiger charge is 2.52. The normalized spacial score (nSPS) is 23.3. The van der Waals surface area contributed by atoms with E-state index in [0.717, 1.165) is 24.0 Å². The van der Waals surface area contributed by atoms with Crippen LogP contribution in [-0.2, 0) is 14.3 Å². The maximum atomic E-state index is 13.9. The highest BCUT2D eigenvalue weighted by Crippen LogP contribution is 2.52. The zero-order chi connectivity index (χ0) is 24.7. The molecule has 0 bridgehead atoms. The number of morpholine rings is 1. The molecule has 1 aliphatic heterocycles. The Balaban J connectivity index is 1.69.